The Morgan fingerprint density at radius 2 is 1.52 bits per heavy atom. The molecule has 29 heavy (non-hydrogen) atoms. The molecular formula is C25H27Cl2NTi. The van der Waals surface area contributed by atoms with Crippen LogP contribution in [0.1, 0.15) is 34.2 Å². The van der Waals surface area contributed by atoms with Gasteiger partial charge in [-0.2, -0.15) is 12.5 Å². The molecule has 0 radical (unpaired) electrons. The zero-order chi connectivity index (χ0) is 18.7. The molecule has 4 rings (SSSR count). The van der Waals surface area contributed by atoms with Crippen LogP contribution in [0.2, 0.25) is 0 Å². The Kier molecular flexibility index (Phi) is 11.5. The van der Waals surface area contributed by atoms with E-state index in [9.17, 15) is 0 Å². The molecule has 0 aliphatic heterocycles. The third-order valence-electron chi connectivity index (χ3n) is 4.83. The number of hydrogen-bond acceptors (Lipinski definition) is 0. The molecule has 0 bridgehead atoms. The zero-order valence-electron chi connectivity index (χ0n) is 17.1. The molecule has 0 amide bonds. The Hall–Kier alpha value is -1.64. The molecule has 1 nitrogen and oxygen atoms in total. The van der Waals surface area contributed by atoms with Crippen LogP contribution >= 0.6 is 24.8 Å². The van der Waals surface area contributed by atoms with Crippen molar-refractivity contribution in [3.05, 3.63) is 107 Å². The van der Waals surface area contributed by atoms with Crippen molar-refractivity contribution in [1.82, 2.24) is 0 Å². The second kappa shape index (κ2) is 12.1. The first-order chi connectivity index (χ1) is 12.5. The van der Waals surface area contributed by atoms with Crippen LogP contribution in [0.15, 0.2) is 66.8 Å². The van der Waals surface area contributed by atoms with Gasteiger partial charge >= 0.3 is 21.7 Å². The zero-order valence-corrected chi connectivity index (χ0v) is 20.3. The van der Waals surface area contributed by atoms with Crippen molar-refractivity contribution in [3.8, 4) is 0 Å². The van der Waals surface area contributed by atoms with Crippen LogP contribution in [0, 0.1) is 27.7 Å². The molecule has 0 saturated heterocycles. The van der Waals surface area contributed by atoms with Gasteiger partial charge in [0, 0.05) is 0 Å². The SMILES string of the molecule is Cc1cc(C)c([NH-])c(C)c1.Cl.Cl.[CH2-]c1c(C2=CC=CC2)ccc2ccccc12.[Ti+2]. The fraction of sp³-hybridized carbons (Fsp3) is 0.160. The Morgan fingerprint density at radius 3 is 2.10 bits per heavy atom. The van der Waals surface area contributed by atoms with E-state index >= 15 is 0 Å². The van der Waals surface area contributed by atoms with Crippen molar-refractivity contribution in [2.24, 2.45) is 0 Å². The molecule has 0 atom stereocenters. The minimum absolute atomic E-state index is 0. The van der Waals surface area contributed by atoms with Crippen LogP contribution in [-0.2, 0) is 21.7 Å². The van der Waals surface area contributed by atoms with Gasteiger partial charge in [-0.3, -0.25) is 0 Å². The average Bonchev–Trinajstić information content (AvgIpc) is 3.15. The number of rotatable bonds is 1. The molecule has 1 aliphatic rings. The van der Waals surface area contributed by atoms with Gasteiger partial charge in [-0.15, -0.1) is 53.6 Å². The molecule has 0 unspecified atom stereocenters. The largest absolute Gasteiger partial charge is 2.00 e. The quantitative estimate of drug-likeness (QED) is 0.257. The van der Waals surface area contributed by atoms with Crippen LogP contribution < -0.4 is 0 Å². The van der Waals surface area contributed by atoms with Crippen LogP contribution in [0.5, 0.6) is 0 Å². The van der Waals surface area contributed by atoms with Crippen molar-refractivity contribution in [2.75, 3.05) is 0 Å². The number of hydrogen-bond donors (Lipinski definition) is 0. The number of benzene rings is 3. The fourth-order valence-electron chi connectivity index (χ4n) is 3.46. The summed E-state index contributed by atoms with van der Waals surface area (Å²) in [6, 6.07) is 16.9. The van der Waals surface area contributed by atoms with Gasteiger partial charge < -0.3 is 5.73 Å². The van der Waals surface area contributed by atoms with E-state index in [0.29, 0.717) is 5.69 Å². The fourth-order valence-corrected chi connectivity index (χ4v) is 3.46. The van der Waals surface area contributed by atoms with Crippen LogP contribution in [-0.4, -0.2) is 0 Å². The van der Waals surface area contributed by atoms with E-state index in [-0.39, 0.29) is 46.5 Å². The predicted molar refractivity (Wildman–Crippen MR) is 129 cm³/mol. The third-order valence-corrected chi connectivity index (χ3v) is 4.83. The smallest absolute Gasteiger partial charge is 0.698 e. The van der Waals surface area contributed by atoms with Crippen LogP contribution in [0.25, 0.3) is 22.1 Å². The van der Waals surface area contributed by atoms with E-state index < -0.39 is 0 Å². The monoisotopic (exact) mass is 459 g/mol. The molecular weight excluding hydrogens is 433 g/mol. The maximum absolute atomic E-state index is 7.54. The summed E-state index contributed by atoms with van der Waals surface area (Å²) in [5, 5.41) is 2.52. The average molecular weight is 460 g/mol. The van der Waals surface area contributed by atoms with Crippen molar-refractivity contribution >= 4 is 46.8 Å². The molecule has 1 aliphatic carbocycles. The standard InChI is InChI=1S/C16H13.C9H12N.2ClH.Ti/c1-12-15-9-5-4-8-14(15)10-11-16(12)13-6-2-3-7-13;1-6-4-7(2)9(10)8(3)5-6;;;/h2-6,8-11H,1,7H2;4-5,10H,1-3H3;2*1H;/q2*-1;;;+2. The van der Waals surface area contributed by atoms with Gasteiger partial charge in [-0.05, 0) is 27.2 Å². The van der Waals surface area contributed by atoms with Crippen molar-refractivity contribution in [2.45, 2.75) is 27.2 Å². The molecule has 0 saturated carbocycles. The maximum Gasteiger partial charge on any atom is 2.00 e. The van der Waals surface area contributed by atoms with Gasteiger partial charge in [0.25, 0.3) is 0 Å². The van der Waals surface area contributed by atoms with Gasteiger partial charge in [0.2, 0.25) is 0 Å². The van der Waals surface area contributed by atoms with Gasteiger partial charge in [-0.25, -0.2) is 0 Å². The van der Waals surface area contributed by atoms with Gasteiger partial charge in [-0.1, -0.05) is 82.3 Å². The maximum atomic E-state index is 7.54. The van der Waals surface area contributed by atoms with Gasteiger partial charge in [0.15, 0.2) is 0 Å². The molecule has 0 aromatic heterocycles. The van der Waals surface area contributed by atoms with E-state index in [2.05, 4.69) is 68.5 Å². The number of nitrogens with one attached hydrogen (secondary N) is 1. The summed E-state index contributed by atoms with van der Waals surface area (Å²) in [6.07, 6.45) is 7.51. The Bertz CT molecular complexity index is 1000. The van der Waals surface area contributed by atoms with Crippen LogP contribution in [0.3, 0.4) is 0 Å². The van der Waals surface area contributed by atoms with E-state index in [4.69, 9.17) is 5.73 Å². The number of fused-ring (bicyclic) bond motifs is 1. The Labute approximate surface area is 202 Å². The van der Waals surface area contributed by atoms with E-state index in [0.717, 1.165) is 23.1 Å². The molecule has 0 spiro atoms. The summed E-state index contributed by atoms with van der Waals surface area (Å²) >= 11 is 0. The van der Waals surface area contributed by atoms with Crippen molar-refractivity contribution in [3.63, 3.8) is 0 Å². The molecule has 4 heteroatoms. The predicted octanol–water partition coefficient (Wildman–Crippen LogP) is 8.50. The van der Waals surface area contributed by atoms with Gasteiger partial charge in [0.05, 0.1) is 0 Å². The Balaban J connectivity index is 0.000000535. The second-order valence-electron chi connectivity index (χ2n) is 6.91. The summed E-state index contributed by atoms with van der Waals surface area (Å²) in [7, 11) is 0. The summed E-state index contributed by atoms with van der Waals surface area (Å²) in [4.78, 5) is 0. The molecule has 3 aromatic carbocycles. The topological polar surface area (TPSA) is 23.8 Å². The molecule has 0 heterocycles. The van der Waals surface area contributed by atoms with E-state index in [1.165, 1.54) is 27.5 Å². The summed E-state index contributed by atoms with van der Waals surface area (Å²) < 4.78 is 0. The Morgan fingerprint density at radius 1 is 0.897 bits per heavy atom. The van der Waals surface area contributed by atoms with Crippen molar-refractivity contribution in [1.29, 1.82) is 0 Å². The summed E-state index contributed by atoms with van der Waals surface area (Å²) in [6.45, 7) is 10.2. The third kappa shape index (κ3) is 6.42. The molecule has 3 aromatic rings. The van der Waals surface area contributed by atoms with Gasteiger partial charge in [0.1, 0.15) is 0 Å². The number of halogens is 2. The summed E-state index contributed by atoms with van der Waals surface area (Å²) in [5.74, 6) is 0. The normalized spacial score (nSPS) is 11.3. The van der Waals surface area contributed by atoms with Crippen molar-refractivity contribution < 1.29 is 21.7 Å². The first-order valence-electron chi connectivity index (χ1n) is 8.96. The first kappa shape index (κ1) is 27.4. The first-order valence-corrected chi connectivity index (χ1v) is 8.96. The van der Waals surface area contributed by atoms with Crippen LogP contribution in [0.4, 0.5) is 5.69 Å². The summed E-state index contributed by atoms with van der Waals surface area (Å²) in [5.41, 5.74) is 15.4. The molecule has 150 valence electrons. The second-order valence-corrected chi connectivity index (χ2v) is 6.91. The minimum atomic E-state index is 0. The number of allylic oxidation sites excluding steroid dienone is 4. The van der Waals surface area contributed by atoms with E-state index in [1.807, 2.05) is 26.0 Å². The molecule has 0 fully saturated rings. The number of aryl methyl sites for hydroxylation is 3. The minimum Gasteiger partial charge on any atom is -0.698 e. The molecule has 1 N–H and O–H groups in total. The van der Waals surface area contributed by atoms with E-state index in [1.54, 1.807) is 0 Å².